The van der Waals surface area contributed by atoms with Gasteiger partial charge in [0.15, 0.2) is 5.76 Å². The van der Waals surface area contributed by atoms with Crippen molar-refractivity contribution in [2.24, 2.45) is 0 Å². The first kappa shape index (κ1) is 18.0. The molecule has 0 bridgehead atoms. The van der Waals surface area contributed by atoms with Crippen molar-refractivity contribution < 1.29 is 14.3 Å². The third kappa shape index (κ3) is 3.86. The van der Waals surface area contributed by atoms with Crippen LogP contribution in [0.1, 0.15) is 27.2 Å². The van der Waals surface area contributed by atoms with E-state index in [1.807, 2.05) is 74.5 Å². The SMILES string of the molecule is Cc1ccc2c(C)c(C(=O)N(CC=Cc3ccccc3)CCO)oc2c1. The standard InChI is InChI=1S/C22H23NO3/c1-16-10-11-19-17(2)21(26-20(19)15-16)22(25)23(13-14-24)12-6-9-18-7-4-3-5-8-18/h3-11,15,24H,12-14H2,1-2H3. The quantitative estimate of drug-likeness (QED) is 0.726. The van der Waals surface area contributed by atoms with Crippen LogP contribution in [0.2, 0.25) is 0 Å². The maximum absolute atomic E-state index is 12.9. The number of aryl methyl sites for hydroxylation is 2. The Labute approximate surface area is 153 Å². The third-order valence-corrected chi connectivity index (χ3v) is 4.38. The molecule has 0 saturated heterocycles. The van der Waals surface area contributed by atoms with Crippen molar-refractivity contribution in [3.8, 4) is 0 Å². The minimum atomic E-state index is -0.205. The van der Waals surface area contributed by atoms with Crippen molar-refractivity contribution in [1.82, 2.24) is 4.90 Å². The molecule has 134 valence electrons. The van der Waals surface area contributed by atoms with E-state index in [0.717, 1.165) is 27.7 Å². The average Bonchev–Trinajstić information content (AvgIpc) is 2.97. The molecule has 2 aromatic carbocycles. The number of hydrogen-bond donors (Lipinski definition) is 1. The number of aliphatic hydroxyl groups is 1. The van der Waals surface area contributed by atoms with E-state index < -0.39 is 0 Å². The van der Waals surface area contributed by atoms with Crippen molar-refractivity contribution in [1.29, 1.82) is 0 Å². The van der Waals surface area contributed by atoms with Crippen LogP contribution in [0, 0.1) is 13.8 Å². The molecule has 0 radical (unpaired) electrons. The molecule has 0 aliphatic carbocycles. The molecule has 3 aromatic rings. The summed E-state index contributed by atoms with van der Waals surface area (Å²) in [5.41, 5.74) is 3.71. The van der Waals surface area contributed by atoms with Gasteiger partial charge in [-0.05, 0) is 31.0 Å². The molecule has 1 amide bonds. The first-order chi connectivity index (χ1) is 12.6. The molecule has 1 aromatic heterocycles. The first-order valence-electron chi connectivity index (χ1n) is 8.71. The summed E-state index contributed by atoms with van der Waals surface area (Å²) >= 11 is 0. The van der Waals surface area contributed by atoms with E-state index >= 15 is 0 Å². The molecule has 0 aliphatic rings. The van der Waals surface area contributed by atoms with E-state index in [4.69, 9.17) is 4.42 Å². The van der Waals surface area contributed by atoms with Crippen LogP contribution in [0.4, 0.5) is 0 Å². The maximum Gasteiger partial charge on any atom is 0.290 e. The van der Waals surface area contributed by atoms with Gasteiger partial charge in [0.1, 0.15) is 5.58 Å². The molecular weight excluding hydrogens is 326 g/mol. The lowest BCUT2D eigenvalue weighted by atomic mass is 10.1. The van der Waals surface area contributed by atoms with Crippen LogP contribution >= 0.6 is 0 Å². The van der Waals surface area contributed by atoms with Crippen molar-refractivity contribution in [2.45, 2.75) is 13.8 Å². The highest BCUT2D eigenvalue weighted by Crippen LogP contribution is 2.27. The largest absolute Gasteiger partial charge is 0.451 e. The first-order valence-corrected chi connectivity index (χ1v) is 8.71. The van der Waals surface area contributed by atoms with Crippen molar-refractivity contribution in [2.75, 3.05) is 19.7 Å². The Morgan fingerprint density at radius 2 is 1.92 bits per heavy atom. The van der Waals surface area contributed by atoms with Crippen LogP contribution in [0.3, 0.4) is 0 Å². The number of fused-ring (bicyclic) bond motifs is 1. The van der Waals surface area contributed by atoms with Crippen LogP contribution in [0.5, 0.6) is 0 Å². The van der Waals surface area contributed by atoms with E-state index in [1.165, 1.54) is 0 Å². The second kappa shape index (κ2) is 8.02. The Morgan fingerprint density at radius 1 is 1.15 bits per heavy atom. The number of furan rings is 1. The van der Waals surface area contributed by atoms with Crippen LogP contribution in [0.15, 0.2) is 59.0 Å². The molecule has 26 heavy (non-hydrogen) atoms. The number of amides is 1. The molecular formula is C22H23NO3. The summed E-state index contributed by atoms with van der Waals surface area (Å²) in [6, 6.07) is 15.8. The molecule has 3 rings (SSSR count). The number of rotatable bonds is 6. The zero-order valence-corrected chi connectivity index (χ0v) is 15.1. The van der Waals surface area contributed by atoms with Crippen molar-refractivity contribution in [3.63, 3.8) is 0 Å². The Hall–Kier alpha value is -2.85. The summed E-state index contributed by atoms with van der Waals surface area (Å²) < 4.78 is 5.84. The number of benzene rings is 2. The van der Waals surface area contributed by atoms with Gasteiger partial charge in [0.05, 0.1) is 6.61 Å². The van der Waals surface area contributed by atoms with Gasteiger partial charge in [-0.2, -0.15) is 0 Å². The second-order valence-electron chi connectivity index (χ2n) is 6.34. The van der Waals surface area contributed by atoms with E-state index in [-0.39, 0.29) is 19.1 Å². The summed E-state index contributed by atoms with van der Waals surface area (Å²) in [5, 5.41) is 10.3. The average molecular weight is 349 g/mol. The number of carbonyl (C=O) groups is 1. The minimum Gasteiger partial charge on any atom is -0.451 e. The number of hydrogen-bond acceptors (Lipinski definition) is 3. The molecule has 0 spiro atoms. The highest BCUT2D eigenvalue weighted by molar-refractivity contribution is 5.99. The van der Waals surface area contributed by atoms with Gasteiger partial charge in [-0.3, -0.25) is 4.79 Å². The third-order valence-electron chi connectivity index (χ3n) is 4.38. The molecule has 0 unspecified atom stereocenters. The highest BCUT2D eigenvalue weighted by Gasteiger charge is 2.22. The fraction of sp³-hybridized carbons (Fsp3) is 0.227. The molecule has 4 nitrogen and oxygen atoms in total. The predicted octanol–water partition coefficient (Wildman–Crippen LogP) is 4.20. The van der Waals surface area contributed by atoms with Gasteiger partial charge in [-0.25, -0.2) is 0 Å². The van der Waals surface area contributed by atoms with Crippen LogP contribution < -0.4 is 0 Å². The van der Waals surface area contributed by atoms with E-state index in [9.17, 15) is 9.90 Å². The van der Waals surface area contributed by atoms with Gasteiger partial charge in [0, 0.05) is 24.0 Å². The smallest absolute Gasteiger partial charge is 0.290 e. The van der Waals surface area contributed by atoms with Crippen LogP contribution in [0.25, 0.3) is 17.0 Å². The van der Waals surface area contributed by atoms with Crippen LogP contribution in [-0.2, 0) is 0 Å². The monoisotopic (exact) mass is 349 g/mol. The Balaban J connectivity index is 1.82. The van der Waals surface area contributed by atoms with Gasteiger partial charge in [-0.1, -0.05) is 54.6 Å². The summed E-state index contributed by atoms with van der Waals surface area (Å²) in [7, 11) is 0. The zero-order chi connectivity index (χ0) is 18.5. The topological polar surface area (TPSA) is 53.7 Å². The minimum absolute atomic E-state index is 0.0939. The van der Waals surface area contributed by atoms with Crippen molar-refractivity contribution in [3.05, 3.63) is 77.1 Å². The molecule has 0 atom stereocenters. The molecule has 0 fully saturated rings. The number of carbonyl (C=O) groups excluding carboxylic acids is 1. The van der Waals surface area contributed by atoms with Gasteiger partial charge < -0.3 is 14.4 Å². The Bertz CT molecular complexity index is 925. The summed E-state index contributed by atoms with van der Waals surface area (Å²) in [6.45, 7) is 4.46. The number of nitrogens with zero attached hydrogens (tertiary/aromatic N) is 1. The fourth-order valence-electron chi connectivity index (χ4n) is 2.96. The van der Waals surface area contributed by atoms with Gasteiger partial charge >= 0.3 is 0 Å². The van der Waals surface area contributed by atoms with E-state index in [1.54, 1.807) is 4.90 Å². The van der Waals surface area contributed by atoms with E-state index in [2.05, 4.69) is 0 Å². The summed E-state index contributed by atoms with van der Waals surface area (Å²) in [6.07, 6.45) is 3.89. The lowest BCUT2D eigenvalue weighted by Gasteiger charge is -2.19. The lowest BCUT2D eigenvalue weighted by Crippen LogP contribution is -2.33. The zero-order valence-electron chi connectivity index (χ0n) is 15.1. The summed E-state index contributed by atoms with van der Waals surface area (Å²) in [5.74, 6) is 0.135. The van der Waals surface area contributed by atoms with Crippen LogP contribution in [-0.4, -0.2) is 35.6 Å². The fourth-order valence-corrected chi connectivity index (χ4v) is 2.96. The molecule has 1 heterocycles. The number of aliphatic hydroxyl groups excluding tert-OH is 1. The van der Waals surface area contributed by atoms with Gasteiger partial charge in [-0.15, -0.1) is 0 Å². The van der Waals surface area contributed by atoms with Crippen molar-refractivity contribution >= 4 is 23.0 Å². The Kier molecular flexibility index (Phi) is 5.54. The van der Waals surface area contributed by atoms with E-state index in [0.29, 0.717) is 12.3 Å². The molecule has 1 N–H and O–H groups in total. The summed E-state index contributed by atoms with van der Waals surface area (Å²) in [4.78, 5) is 14.5. The second-order valence-corrected chi connectivity index (χ2v) is 6.34. The van der Waals surface area contributed by atoms with Gasteiger partial charge in [0.25, 0.3) is 5.91 Å². The molecule has 0 saturated carbocycles. The van der Waals surface area contributed by atoms with Gasteiger partial charge in [0.2, 0.25) is 0 Å². The molecule has 0 aliphatic heterocycles. The lowest BCUT2D eigenvalue weighted by molar-refractivity contribution is 0.0713. The Morgan fingerprint density at radius 3 is 2.65 bits per heavy atom. The highest BCUT2D eigenvalue weighted by atomic mass is 16.3. The predicted molar refractivity (Wildman–Crippen MR) is 104 cm³/mol. The normalized spacial score (nSPS) is 11.3. The molecule has 4 heteroatoms. The maximum atomic E-state index is 12.9.